The average Bonchev–Trinajstić information content (AvgIpc) is 3.36. The van der Waals surface area contributed by atoms with Crippen molar-refractivity contribution in [2.45, 2.75) is 19.4 Å². The molecule has 0 bridgehead atoms. The van der Waals surface area contributed by atoms with E-state index >= 15 is 0 Å². The molecular weight excluding hydrogens is 460 g/mol. The maximum atomic E-state index is 13.2. The third-order valence-corrected chi connectivity index (χ3v) is 7.66. The Kier molecular flexibility index (Phi) is 6.76. The SMILES string of the molecule is COCCNC(=O)c1cc(-c2ccc(OC)c(OC)c2)nc2c1c(C)nn2C1CCS(=O)(=O)C1. The highest BCUT2D eigenvalue weighted by Crippen LogP contribution is 2.35. The molecule has 182 valence electrons. The average molecular weight is 489 g/mol. The number of hydrogen-bond donors (Lipinski definition) is 1. The molecule has 10 nitrogen and oxygen atoms in total. The molecule has 1 unspecified atom stereocenters. The van der Waals surface area contributed by atoms with Crippen LogP contribution in [0, 0.1) is 6.92 Å². The van der Waals surface area contributed by atoms with Gasteiger partial charge in [-0.25, -0.2) is 18.1 Å². The minimum absolute atomic E-state index is 0.000848. The smallest absolute Gasteiger partial charge is 0.252 e. The Morgan fingerprint density at radius 2 is 1.94 bits per heavy atom. The lowest BCUT2D eigenvalue weighted by Gasteiger charge is -2.13. The largest absolute Gasteiger partial charge is 0.493 e. The molecule has 1 saturated heterocycles. The van der Waals surface area contributed by atoms with Crippen LogP contribution in [0.1, 0.15) is 28.5 Å². The fourth-order valence-electron chi connectivity index (χ4n) is 4.22. The number of nitrogens with one attached hydrogen (secondary N) is 1. The van der Waals surface area contributed by atoms with Crippen molar-refractivity contribution in [1.82, 2.24) is 20.1 Å². The number of fused-ring (bicyclic) bond motifs is 1. The van der Waals surface area contributed by atoms with Crippen molar-refractivity contribution in [1.29, 1.82) is 0 Å². The molecule has 0 aliphatic carbocycles. The van der Waals surface area contributed by atoms with E-state index in [2.05, 4.69) is 10.4 Å². The molecule has 1 amide bonds. The highest BCUT2D eigenvalue weighted by Gasteiger charge is 2.32. The van der Waals surface area contributed by atoms with Gasteiger partial charge in [-0.05, 0) is 37.6 Å². The summed E-state index contributed by atoms with van der Waals surface area (Å²) >= 11 is 0. The third-order valence-electron chi connectivity index (χ3n) is 5.91. The van der Waals surface area contributed by atoms with Gasteiger partial charge in [-0.2, -0.15) is 5.10 Å². The van der Waals surface area contributed by atoms with Crippen LogP contribution in [0.2, 0.25) is 0 Å². The first-order chi connectivity index (χ1) is 16.3. The zero-order valence-corrected chi connectivity index (χ0v) is 20.4. The summed E-state index contributed by atoms with van der Waals surface area (Å²) in [5, 5.41) is 8.07. The van der Waals surface area contributed by atoms with Crippen molar-refractivity contribution in [3.05, 3.63) is 35.5 Å². The Labute approximate surface area is 198 Å². The second-order valence-corrected chi connectivity index (χ2v) is 10.4. The van der Waals surface area contributed by atoms with Crippen LogP contribution in [0.3, 0.4) is 0 Å². The van der Waals surface area contributed by atoms with Gasteiger partial charge in [0.25, 0.3) is 5.91 Å². The Balaban J connectivity index is 1.89. The zero-order valence-electron chi connectivity index (χ0n) is 19.6. The fraction of sp³-hybridized carbons (Fsp3) is 0.435. The third kappa shape index (κ3) is 4.58. The van der Waals surface area contributed by atoms with Crippen molar-refractivity contribution in [3.63, 3.8) is 0 Å². The van der Waals surface area contributed by atoms with E-state index in [1.807, 2.05) is 6.07 Å². The number of benzene rings is 1. The van der Waals surface area contributed by atoms with Crippen LogP contribution in [0.5, 0.6) is 11.5 Å². The number of aryl methyl sites for hydroxylation is 1. The predicted octanol–water partition coefficient (Wildman–Crippen LogP) is 2.16. The first-order valence-electron chi connectivity index (χ1n) is 10.9. The van der Waals surface area contributed by atoms with Crippen LogP contribution in [-0.4, -0.2) is 75.1 Å². The van der Waals surface area contributed by atoms with E-state index in [-0.39, 0.29) is 23.5 Å². The van der Waals surface area contributed by atoms with E-state index in [0.717, 1.165) is 5.56 Å². The van der Waals surface area contributed by atoms with Crippen molar-refractivity contribution in [2.75, 3.05) is 46.0 Å². The van der Waals surface area contributed by atoms with Gasteiger partial charge < -0.3 is 19.5 Å². The molecule has 0 spiro atoms. The Hall–Kier alpha value is -3.18. The lowest BCUT2D eigenvalue weighted by atomic mass is 10.0. The van der Waals surface area contributed by atoms with Crippen LogP contribution in [0.15, 0.2) is 24.3 Å². The number of carbonyl (C=O) groups excluding carboxylic acids is 1. The van der Waals surface area contributed by atoms with Crippen LogP contribution >= 0.6 is 0 Å². The van der Waals surface area contributed by atoms with Gasteiger partial charge in [0.15, 0.2) is 27.0 Å². The van der Waals surface area contributed by atoms with E-state index in [4.69, 9.17) is 19.2 Å². The molecule has 0 radical (unpaired) electrons. The highest BCUT2D eigenvalue weighted by molar-refractivity contribution is 7.91. The molecule has 1 atom stereocenters. The molecule has 4 rings (SSSR count). The van der Waals surface area contributed by atoms with Gasteiger partial charge in [0, 0.05) is 19.2 Å². The van der Waals surface area contributed by atoms with Crippen molar-refractivity contribution >= 4 is 26.8 Å². The number of amides is 1. The number of aromatic nitrogens is 3. The van der Waals surface area contributed by atoms with E-state index in [9.17, 15) is 13.2 Å². The summed E-state index contributed by atoms with van der Waals surface area (Å²) < 4.78 is 41.7. The minimum atomic E-state index is -3.14. The molecule has 34 heavy (non-hydrogen) atoms. The molecular formula is C23H28N4O6S. The lowest BCUT2D eigenvalue weighted by Crippen LogP contribution is -2.27. The van der Waals surface area contributed by atoms with Crippen molar-refractivity contribution < 1.29 is 27.4 Å². The molecule has 0 saturated carbocycles. The molecule has 3 heterocycles. The molecule has 1 N–H and O–H groups in total. The van der Waals surface area contributed by atoms with E-state index < -0.39 is 9.84 Å². The van der Waals surface area contributed by atoms with Gasteiger partial charge in [-0.15, -0.1) is 0 Å². The lowest BCUT2D eigenvalue weighted by molar-refractivity contribution is 0.0938. The number of pyridine rings is 1. The normalized spacial score (nSPS) is 17.1. The molecule has 1 aromatic carbocycles. The Bertz CT molecular complexity index is 1330. The number of ether oxygens (including phenoxy) is 3. The van der Waals surface area contributed by atoms with Gasteiger partial charge >= 0.3 is 0 Å². The summed E-state index contributed by atoms with van der Waals surface area (Å²) in [5.74, 6) is 0.924. The summed E-state index contributed by atoms with van der Waals surface area (Å²) in [4.78, 5) is 18.0. The number of nitrogens with zero attached hydrogens (tertiary/aromatic N) is 3. The maximum absolute atomic E-state index is 13.2. The predicted molar refractivity (Wildman–Crippen MR) is 127 cm³/mol. The maximum Gasteiger partial charge on any atom is 0.252 e. The van der Waals surface area contributed by atoms with Crippen molar-refractivity contribution in [2.24, 2.45) is 0 Å². The van der Waals surface area contributed by atoms with Gasteiger partial charge in [0.1, 0.15) is 0 Å². The van der Waals surface area contributed by atoms with Crippen LogP contribution in [-0.2, 0) is 14.6 Å². The quantitative estimate of drug-likeness (QED) is 0.479. The standard InChI is InChI=1S/C23H28N4O6S/c1-14-21-17(23(28)24-8-9-31-2)12-18(15-5-6-19(32-3)20(11-15)33-4)25-22(21)27(26-14)16-7-10-34(29,30)13-16/h5-6,11-12,16H,7-10,13H2,1-4H3,(H,24,28). The van der Waals surface area contributed by atoms with Crippen molar-refractivity contribution in [3.8, 4) is 22.8 Å². The molecule has 3 aromatic rings. The number of sulfone groups is 1. The van der Waals surface area contributed by atoms with Crippen LogP contribution < -0.4 is 14.8 Å². The van der Waals surface area contributed by atoms with Crippen LogP contribution in [0.25, 0.3) is 22.3 Å². The van der Waals surface area contributed by atoms with E-state index in [1.165, 1.54) is 0 Å². The zero-order chi connectivity index (χ0) is 24.5. The summed E-state index contributed by atoms with van der Waals surface area (Å²) in [7, 11) is 1.53. The highest BCUT2D eigenvalue weighted by atomic mass is 32.2. The topological polar surface area (TPSA) is 122 Å². The first-order valence-corrected chi connectivity index (χ1v) is 12.7. The second kappa shape index (κ2) is 9.59. The Morgan fingerprint density at radius 3 is 2.59 bits per heavy atom. The van der Waals surface area contributed by atoms with E-state index in [0.29, 0.717) is 59.1 Å². The van der Waals surface area contributed by atoms with Gasteiger partial charge in [0.05, 0.1) is 60.7 Å². The Morgan fingerprint density at radius 1 is 1.18 bits per heavy atom. The summed E-state index contributed by atoms with van der Waals surface area (Å²) in [5.41, 5.74) is 2.75. The van der Waals surface area contributed by atoms with Gasteiger partial charge in [0.2, 0.25) is 0 Å². The molecule has 1 fully saturated rings. The molecule has 1 aliphatic heterocycles. The second-order valence-electron chi connectivity index (χ2n) is 8.16. The first kappa shape index (κ1) is 24.0. The minimum Gasteiger partial charge on any atom is -0.493 e. The molecule has 1 aliphatic rings. The van der Waals surface area contributed by atoms with Gasteiger partial charge in [-0.1, -0.05) is 0 Å². The van der Waals surface area contributed by atoms with E-state index in [1.54, 1.807) is 51.1 Å². The molecule has 2 aromatic heterocycles. The monoisotopic (exact) mass is 488 g/mol. The summed E-state index contributed by atoms with van der Waals surface area (Å²) in [6.45, 7) is 2.52. The van der Waals surface area contributed by atoms with Gasteiger partial charge in [-0.3, -0.25) is 4.79 Å². The molecule has 11 heteroatoms. The summed E-state index contributed by atoms with van der Waals surface area (Å²) in [6, 6.07) is 6.77. The number of carbonyl (C=O) groups is 1. The summed E-state index contributed by atoms with van der Waals surface area (Å²) in [6.07, 6.45) is 0.455. The number of methoxy groups -OCH3 is 3. The fourth-order valence-corrected chi connectivity index (χ4v) is 5.91. The number of hydrogen-bond acceptors (Lipinski definition) is 8. The number of rotatable bonds is 8. The van der Waals surface area contributed by atoms with Crippen LogP contribution in [0.4, 0.5) is 0 Å².